The molecule has 1 amide bonds. The number of hydrogen-bond acceptors (Lipinski definition) is 6. The summed E-state index contributed by atoms with van der Waals surface area (Å²) in [5.74, 6) is -0.493. The van der Waals surface area contributed by atoms with Gasteiger partial charge < -0.3 is 15.4 Å². The largest absolute Gasteiger partial charge is 0.381 e. The van der Waals surface area contributed by atoms with Crippen molar-refractivity contribution in [3.8, 4) is 0 Å². The lowest BCUT2D eigenvalue weighted by Crippen LogP contribution is -2.58. The van der Waals surface area contributed by atoms with Gasteiger partial charge in [0.15, 0.2) is 0 Å². The van der Waals surface area contributed by atoms with Crippen molar-refractivity contribution < 1.29 is 22.3 Å². The molecular weight excluding hydrogens is 638 g/mol. The predicted octanol–water partition coefficient (Wildman–Crippen LogP) is 6.44. The van der Waals surface area contributed by atoms with Crippen molar-refractivity contribution in [1.29, 1.82) is 0 Å². The van der Waals surface area contributed by atoms with Gasteiger partial charge in [0.05, 0.1) is 23.0 Å². The number of nitrogens with zero attached hydrogens (tertiary/aromatic N) is 2. The first-order chi connectivity index (χ1) is 21.6. The molecule has 2 N–H and O–H groups in total. The van der Waals surface area contributed by atoms with E-state index in [-0.39, 0.29) is 41.1 Å². The molecule has 2 saturated heterocycles. The smallest absolute Gasteiger partial charge is 0.243 e. The fraction of sp³-hybridized carbons (Fsp3) is 0.455. The van der Waals surface area contributed by atoms with E-state index in [1.165, 1.54) is 18.3 Å². The highest BCUT2D eigenvalue weighted by Gasteiger charge is 2.37. The van der Waals surface area contributed by atoms with Crippen LogP contribution in [0.5, 0.6) is 0 Å². The lowest BCUT2D eigenvalue weighted by molar-refractivity contribution is -0.117. The monoisotopic (exact) mass is 676 g/mol. The first kappa shape index (κ1) is 33.8. The van der Waals surface area contributed by atoms with E-state index >= 15 is 4.39 Å². The topological polar surface area (TPSA) is 101 Å². The zero-order valence-electron chi connectivity index (χ0n) is 25.2. The van der Waals surface area contributed by atoms with E-state index < -0.39 is 15.8 Å². The van der Waals surface area contributed by atoms with E-state index in [4.69, 9.17) is 27.9 Å². The second-order valence-corrected chi connectivity index (χ2v) is 14.6. The zero-order chi connectivity index (χ0) is 32.0. The highest BCUT2D eigenvalue weighted by molar-refractivity contribution is 7.89. The number of benzene rings is 2. The quantitative estimate of drug-likeness (QED) is 0.242. The Balaban J connectivity index is 1.27. The summed E-state index contributed by atoms with van der Waals surface area (Å²) < 4.78 is 49.5. The Morgan fingerprint density at radius 3 is 2.42 bits per heavy atom. The van der Waals surface area contributed by atoms with Crippen LogP contribution in [0.2, 0.25) is 10.0 Å². The molecule has 242 valence electrons. The van der Waals surface area contributed by atoms with E-state index in [9.17, 15) is 13.2 Å². The number of hydrogen-bond donors (Lipinski definition) is 2. The maximum absolute atomic E-state index is 15.1. The number of carbonyl (C=O) groups is 1. The standard InChI is InChI=1S/C33H39Cl2FN4O4S/c1-22-18-37-19-27(40(22)45(42,43)28-11-9-26(35)10-12-28)3-2-4-29-31(36)20-38-21-32(29)39-33(41)17-30(24-13-15-44-16-14-24)23-5-7-25(34)8-6-23/h5-12,20-22,24,27,30,37H,2-4,13-19H2,1H3,(H,39,41). The van der Waals surface area contributed by atoms with Crippen molar-refractivity contribution in [2.45, 2.75) is 68.3 Å². The van der Waals surface area contributed by atoms with Crippen molar-refractivity contribution in [2.75, 3.05) is 31.6 Å². The van der Waals surface area contributed by atoms with Crippen molar-refractivity contribution in [3.63, 3.8) is 0 Å². The maximum Gasteiger partial charge on any atom is 0.243 e. The van der Waals surface area contributed by atoms with Crippen LogP contribution in [0.15, 0.2) is 65.8 Å². The van der Waals surface area contributed by atoms with Crippen LogP contribution in [0.25, 0.3) is 0 Å². The minimum atomic E-state index is -3.77. The molecule has 2 aromatic carbocycles. The Morgan fingerprint density at radius 1 is 1.07 bits per heavy atom. The van der Waals surface area contributed by atoms with Gasteiger partial charge in [-0.15, -0.1) is 0 Å². The minimum Gasteiger partial charge on any atom is -0.381 e. The molecule has 5 rings (SSSR count). The third-order valence-corrected chi connectivity index (χ3v) is 11.4. The molecule has 3 atom stereocenters. The molecule has 2 aliphatic rings. The van der Waals surface area contributed by atoms with E-state index in [1.54, 1.807) is 16.4 Å². The molecule has 1 aromatic heterocycles. The molecular formula is C33H39Cl2FN4O4S. The Hall–Kier alpha value is -2.60. The fourth-order valence-corrected chi connectivity index (χ4v) is 8.61. The van der Waals surface area contributed by atoms with E-state index in [1.807, 2.05) is 31.2 Å². The van der Waals surface area contributed by atoms with Crippen molar-refractivity contribution in [2.24, 2.45) is 5.92 Å². The Labute approximate surface area is 274 Å². The summed E-state index contributed by atoms with van der Waals surface area (Å²) >= 11 is 12.1. The summed E-state index contributed by atoms with van der Waals surface area (Å²) in [5.41, 5.74) is 1.73. The number of nitrogens with one attached hydrogen (secondary N) is 2. The maximum atomic E-state index is 15.1. The summed E-state index contributed by atoms with van der Waals surface area (Å²) in [6, 6.07) is 13.2. The number of aromatic nitrogens is 1. The van der Waals surface area contributed by atoms with Gasteiger partial charge in [-0.1, -0.05) is 35.3 Å². The van der Waals surface area contributed by atoms with Crippen molar-refractivity contribution in [1.82, 2.24) is 14.6 Å². The zero-order valence-corrected chi connectivity index (χ0v) is 27.6. The van der Waals surface area contributed by atoms with Gasteiger partial charge in [-0.05, 0) is 92.8 Å². The SMILES string of the molecule is CC1CNCC(CCCc2c(F)cncc2NC(=O)CC(c2ccc(Cl)cc2)C2CCOCC2)N1S(=O)(=O)c1ccc(Cl)cc1. The molecule has 2 fully saturated rings. The number of halogens is 3. The molecule has 3 unspecified atom stereocenters. The molecule has 8 nitrogen and oxygen atoms in total. The molecule has 3 aromatic rings. The fourth-order valence-electron chi connectivity index (χ4n) is 6.51. The normalized spacial score (nSPS) is 20.5. The number of piperazine rings is 1. The van der Waals surface area contributed by atoms with E-state index in [0.29, 0.717) is 66.9 Å². The third-order valence-electron chi connectivity index (χ3n) is 8.78. The lowest BCUT2D eigenvalue weighted by atomic mass is 9.79. The molecule has 2 aliphatic heterocycles. The van der Waals surface area contributed by atoms with Gasteiger partial charge in [0.2, 0.25) is 15.9 Å². The highest BCUT2D eigenvalue weighted by atomic mass is 35.5. The first-order valence-corrected chi connectivity index (χ1v) is 17.6. The summed E-state index contributed by atoms with van der Waals surface area (Å²) in [7, 11) is -3.77. The van der Waals surface area contributed by atoms with E-state index in [0.717, 1.165) is 24.6 Å². The first-order valence-electron chi connectivity index (χ1n) is 15.4. The van der Waals surface area contributed by atoms with Gasteiger partial charge in [0, 0.05) is 60.4 Å². The van der Waals surface area contributed by atoms with Gasteiger partial charge in [-0.2, -0.15) is 4.31 Å². The van der Waals surface area contributed by atoms with Crippen LogP contribution in [0.1, 0.15) is 56.1 Å². The number of sulfonamides is 1. The lowest BCUT2D eigenvalue weighted by Gasteiger charge is -2.40. The van der Waals surface area contributed by atoms with Crippen LogP contribution < -0.4 is 10.6 Å². The summed E-state index contributed by atoms with van der Waals surface area (Å²) in [5, 5.41) is 7.35. The van der Waals surface area contributed by atoms with Crippen LogP contribution in [0, 0.1) is 11.7 Å². The molecule has 0 aliphatic carbocycles. The van der Waals surface area contributed by atoms with Crippen LogP contribution in [0.3, 0.4) is 0 Å². The Morgan fingerprint density at radius 2 is 1.73 bits per heavy atom. The number of carbonyl (C=O) groups excluding carboxylic acids is 1. The second kappa shape index (κ2) is 15.3. The molecule has 0 spiro atoms. The molecule has 45 heavy (non-hydrogen) atoms. The van der Waals surface area contributed by atoms with E-state index in [2.05, 4.69) is 15.6 Å². The van der Waals surface area contributed by atoms with Gasteiger partial charge in [0.25, 0.3) is 0 Å². The number of anilines is 1. The number of rotatable bonds is 11. The Bertz CT molecular complexity index is 1550. The molecule has 0 bridgehead atoms. The summed E-state index contributed by atoms with van der Waals surface area (Å²) in [6.07, 6.45) is 5.87. The van der Waals surface area contributed by atoms with Crippen molar-refractivity contribution in [3.05, 3.63) is 87.9 Å². The minimum absolute atomic E-state index is 0.0366. The second-order valence-electron chi connectivity index (χ2n) is 11.8. The average molecular weight is 678 g/mol. The molecule has 0 radical (unpaired) electrons. The third kappa shape index (κ3) is 8.41. The van der Waals surface area contributed by atoms with Gasteiger partial charge >= 0.3 is 0 Å². The van der Waals surface area contributed by atoms with Crippen LogP contribution >= 0.6 is 23.2 Å². The molecule has 12 heteroatoms. The van der Waals surface area contributed by atoms with Gasteiger partial charge in [0.1, 0.15) is 5.82 Å². The molecule has 0 saturated carbocycles. The van der Waals surface area contributed by atoms with Crippen LogP contribution in [-0.2, 0) is 26.0 Å². The van der Waals surface area contributed by atoms with Crippen LogP contribution in [0.4, 0.5) is 10.1 Å². The van der Waals surface area contributed by atoms with Gasteiger partial charge in [-0.25, -0.2) is 12.8 Å². The average Bonchev–Trinajstić information content (AvgIpc) is 3.02. The predicted molar refractivity (Wildman–Crippen MR) is 175 cm³/mol. The summed E-state index contributed by atoms with van der Waals surface area (Å²) in [6.45, 7) is 4.20. The number of amides is 1. The van der Waals surface area contributed by atoms with Crippen LogP contribution in [-0.4, -0.2) is 62.0 Å². The van der Waals surface area contributed by atoms with Gasteiger partial charge in [-0.3, -0.25) is 9.78 Å². The number of ether oxygens (including phenoxy) is 1. The Kier molecular flexibility index (Phi) is 11.5. The number of pyridine rings is 1. The highest BCUT2D eigenvalue weighted by Crippen LogP contribution is 2.36. The van der Waals surface area contributed by atoms with Crippen molar-refractivity contribution >= 4 is 44.8 Å². The summed E-state index contributed by atoms with van der Waals surface area (Å²) in [4.78, 5) is 17.6. The molecule has 3 heterocycles.